The van der Waals surface area contributed by atoms with E-state index in [0.29, 0.717) is 11.2 Å². The van der Waals surface area contributed by atoms with Gasteiger partial charge in [-0.15, -0.1) is 0 Å². The second-order valence-corrected chi connectivity index (χ2v) is 6.79. The van der Waals surface area contributed by atoms with Crippen LogP contribution in [0.2, 0.25) is 0 Å². The van der Waals surface area contributed by atoms with Crippen molar-refractivity contribution in [1.29, 1.82) is 0 Å². The van der Waals surface area contributed by atoms with Gasteiger partial charge in [-0.05, 0) is 47.8 Å². The minimum Gasteiger partial charge on any atom is -0.359 e. The molecule has 1 aliphatic carbocycles. The van der Waals surface area contributed by atoms with Gasteiger partial charge in [-0.2, -0.15) is 0 Å². The summed E-state index contributed by atoms with van der Waals surface area (Å²) < 4.78 is 0. The van der Waals surface area contributed by atoms with Crippen molar-refractivity contribution in [1.82, 2.24) is 5.32 Å². The van der Waals surface area contributed by atoms with Gasteiger partial charge in [0.2, 0.25) is 0 Å². The maximum absolute atomic E-state index is 5.57. The fourth-order valence-corrected chi connectivity index (χ4v) is 3.74. The van der Waals surface area contributed by atoms with Crippen LogP contribution in [0.3, 0.4) is 0 Å². The third-order valence-corrected chi connectivity index (χ3v) is 4.87. The fraction of sp³-hybridized carbons (Fsp3) is 0.136. The topological polar surface area (TPSA) is 24.1 Å². The highest BCUT2D eigenvalue weighted by molar-refractivity contribution is 7.80. The minimum atomic E-state index is 0.362. The van der Waals surface area contributed by atoms with E-state index in [0.717, 1.165) is 24.1 Å². The molecule has 0 radical (unpaired) electrons. The first-order valence-electron chi connectivity index (χ1n) is 8.58. The first-order valence-corrected chi connectivity index (χ1v) is 8.99. The summed E-state index contributed by atoms with van der Waals surface area (Å²) in [5, 5.41) is 7.54. The molecule has 3 aromatic carbocycles. The van der Waals surface area contributed by atoms with Crippen molar-refractivity contribution in [3.63, 3.8) is 0 Å². The lowest BCUT2D eigenvalue weighted by atomic mass is 10.0. The van der Waals surface area contributed by atoms with Crippen molar-refractivity contribution in [3.05, 3.63) is 90.0 Å². The molecule has 0 unspecified atom stereocenters. The third-order valence-electron chi connectivity index (χ3n) is 4.65. The maximum atomic E-state index is 5.57. The van der Waals surface area contributed by atoms with Crippen molar-refractivity contribution in [2.45, 2.75) is 18.9 Å². The van der Waals surface area contributed by atoms with Crippen molar-refractivity contribution < 1.29 is 0 Å². The van der Waals surface area contributed by atoms with Gasteiger partial charge in [0.25, 0.3) is 0 Å². The molecule has 4 rings (SSSR count). The molecule has 0 aliphatic heterocycles. The average molecular weight is 344 g/mol. The Bertz CT molecular complexity index is 864. The predicted molar refractivity (Wildman–Crippen MR) is 109 cm³/mol. The van der Waals surface area contributed by atoms with Gasteiger partial charge in [-0.1, -0.05) is 72.8 Å². The molecule has 0 bridgehead atoms. The van der Waals surface area contributed by atoms with E-state index in [1.807, 2.05) is 12.1 Å². The van der Waals surface area contributed by atoms with E-state index >= 15 is 0 Å². The summed E-state index contributed by atoms with van der Waals surface area (Å²) in [5.74, 6) is 0. The molecule has 0 spiro atoms. The Balaban J connectivity index is 1.46. The minimum absolute atomic E-state index is 0.362. The molecule has 1 aliphatic rings. The van der Waals surface area contributed by atoms with E-state index in [4.69, 9.17) is 12.2 Å². The van der Waals surface area contributed by atoms with Gasteiger partial charge in [0.05, 0.1) is 0 Å². The number of fused-ring (bicyclic) bond motifs is 1. The summed E-state index contributed by atoms with van der Waals surface area (Å²) in [5.41, 5.74) is 6.21. The zero-order chi connectivity index (χ0) is 17.1. The normalized spacial score (nSPS) is 13.3. The zero-order valence-corrected chi connectivity index (χ0v) is 14.7. The van der Waals surface area contributed by atoms with E-state index in [9.17, 15) is 0 Å². The number of benzene rings is 3. The second-order valence-electron chi connectivity index (χ2n) is 6.38. The summed E-state index contributed by atoms with van der Waals surface area (Å²) in [6.07, 6.45) is 2.05. The Morgan fingerprint density at radius 2 is 1.36 bits per heavy atom. The average Bonchev–Trinajstić information content (AvgIpc) is 3.05. The van der Waals surface area contributed by atoms with Crippen LogP contribution in [0.5, 0.6) is 0 Å². The molecular weight excluding hydrogens is 324 g/mol. The van der Waals surface area contributed by atoms with Gasteiger partial charge >= 0.3 is 0 Å². The first kappa shape index (κ1) is 15.9. The Hall–Kier alpha value is -2.65. The van der Waals surface area contributed by atoms with Gasteiger partial charge in [0.1, 0.15) is 0 Å². The van der Waals surface area contributed by atoms with Crippen molar-refractivity contribution >= 4 is 23.0 Å². The SMILES string of the molecule is S=C(Nc1ccccc1-c1ccccc1)NC1Cc2ccccc2C1. The van der Waals surface area contributed by atoms with Gasteiger partial charge in [0.15, 0.2) is 5.11 Å². The van der Waals surface area contributed by atoms with Crippen LogP contribution in [-0.4, -0.2) is 11.2 Å². The van der Waals surface area contributed by atoms with Crippen LogP contribution in [0.15, 0.2) is 78.9 Å². The molecule has 2 nitrogen and oxygen atoms in total. The smallest absolute Gasteiger partial charge is 0.171 e. The summed E-state index contributed by atoms with van der Waals surface area (Å²) in [7, 11) is 0. The quantitative estimate of drug-likeness (QED) is 0.667. The monoisotopic (exact) mass is 344 g/mol. The van der Waals surface area contributed by atoms with Crippen molar-refractivity contribution in [3.8, 4) is 11.1 Å². The number of nitrogens with one attached hydrogen (secondary N) is 2. The van der Waals surface area contributed by atoms with E-state index in [1.54, 1.807) is 0 Å². The number of anilines is 1. The van der Waals surface area contributed by atoms with Gasteiger partial charge in [-0.3, -0.25) is 0 Å². The van der Waals surface area contributed by atoms with Gasteiger partial charge < -0.3 is 10.6 Å². The molecule has 124 valence electrons. The lowest BCUT2D eigenvalue weighted by Gasteiger charge is -2.18. The number of hydrogen-bond acceptors (Lipinski definition) is 1. The highest BCUT2D eigenvalue weighted by atomic mass is 32.1. The maximum Gasteiger partial charge on any atom is 0.171 e. The van der Waals surface area contributed by atoms with Crippen LogP contribution < -0.4 is 10.6 Å². The van der Waals surface area contributed by atoms with Crippen LogP contribution in [0.4, 0.5) is 5.69 Å². The molecule has 0 saturated heterocycles. The summed E-state index contributed by atoms with van der Waals surface area (Å²) in [4.78, 5) is 0. The number of para-hydroxylation sites is 1. The summed E-state index contributed by atoms with van der Waals surface area (Å²) in [6.45, 7) is 0. The Morgan fingerprint density at radius 1 is 0.760 bits per heavy atom. The largest absolute Gasteiger partial charge is 0.359 e. The van der Waals surface area contributed by atoms with E-state index in [-0.39, 0.29) is 0 Å². The fourth-order valence-electron chi connectivity index (χ4n) is 3.47. The standard InChI is InChI=1S/C22H20N2S/c25-22(23-19-14-17-10-4-5-11-18(17)15-19)24-21-13-7-6-12-20(21)16-8-2-1-3-9-16/h1-13,19H,14-15H2,(H2,23,24,25). The van der Waals surface area contributed by atoms with Crippen LogP contribution in [0.25, 0.3) is 11.1 Å². The molecule has 0 amide bonds. The number of thiocarbonyl (C=S) groups is 1. The lowest BCUT2D eigenvalue weighted by molar-refractivity contribution is 0.648. The summed E-state index contributed by atoms with van der Waals surface area (Å²) >= 11 is 5.57. The van der Waals surface area contributed by atoms with Crippen LogP contribution >= 0.6 is 12.2 Å². The van der Waals surface area contributed by atoms with Crippen molar-refractivity contribution in [2.75, 3.05) is 5.32 Å². The number of hydrogen-bond donors (Lipinski definition) is 2. The van der Waals surface area contributed by atoms with Crippen LogP contribution in [0.1, 0.15) is 11.1 Å². The van der Waals surface area contributed by atoms with Gasteiger partial charge in [0, 0.05) is 17.3 Å². The molecule has 0 atom stereocenters. The van der Waals surface area contributed by atoms with Crippen LogP contribution in [-0.2, 0) is 12.8 Å². The first-order chi connectivity index (χ1) is 12.3. The predicted octanol–water partition coefficient (Wildman–Crippen LogP) is 4.81. The highest BCUT2D eigenvalue weighted by Crippen LogP contribution is 2.27. The van der Waals surface area contributed by atoms with Crippen molar-refractivity contribution in [2.24, 2.45) is 0 Å². The molecule has 2 N–H and O–H groups in total. The van der Waals surface area contributed by atoms with E-state index in [1.165, 1.54) is 16.7 Å². The molecule has 0 fully saturated rings. The molecule has 3 aromatic rings. The lowest BCUT2D eigenvalue weighted by Crippen LogP contribution is -2.38. The molecule has 25 heavy (non-hydrogen) atoms. The zero-order valence-electron chi connectivity index (χ0n) is 13.9. The van der Waals surface area contributed by atoms with Gasteiger partial charge in [-0.25, -0.2) is 0 Å². The van der Waals surface area contributed by atoms with Crippen LogP contribution in [0, 0.1) is 0 Å². The Morgan fingerprint density at radius 3 is 2.08 bits per heavy atom. The Labute approximate surface area is 153 Å². The molecule has 0 aromatic heterocycles. The number of rotatable bonds is 3. The highest BCUT2D eigenvalue weighted by Gasteiger charge is 2.21. The van der Waals surface area contributed by atoms with E-state index < -0.39 is 0 Å². The molecular formula is C22H20N2S. The second kappa shape index (κ2) is 7.08. The molecule has 0 heterocycles. The summed E-state index contributed by atoms with van der Waals surface area (Å²) in [6, 6.07) is 27.6. The molecule has 3 heteroatoms. The third kappa shape index (κ3) is 3.57. The Kier molecular flexibility index (Phi) is 4.49. The molecule has 0 saturated carbocycles. The van der Waals surface area contributed by atoms with E-state index in [2.05, 4.69) is 77.4 Å².